The Morgan fingerprint density at radius 1 is 1.10 bits per heavy atom. The lowest BCUT2D eigenvalue weighted by molar-refractivity contribution is 0.282. The Morgan fingerprint density at radius 2 is 1.90 bits per heavy atom. The summed E-state index contributed by atoms with van der Waals surface area (Å²) >= 11 is 0. The van der Waals surface area contributed by atoms with E-state index in [1.165, 1.54) is 29.3 Å². The van der Waals surface area contributed by atoms with Gasteiger partial charge in [-0.15, -0.1) is 0 Å². The fourth-order valence-corrected chi connectivity index (χ4v) is 2.70. The van der Waals surface area contributed by atoms with E-state index in [-0.39, 0.29) is 0 Å². The predicted molar refractivity (Wildman–Crippen MR) is 89.5 cm³/mol. The van der Waals surface area contributed by atoms with Gasteiger partial charge < -0.3 is 15.0 Å². The van der Waals surface area contributed by atoms with Crippen LogP contribution in [0.5, 0.6) is 0 Å². The Bertz CT molecular complexity index is 545. The van der Waals surface area contributed by atoms with Gasteiger partial charge in [0.25, 0.3) is 0 Å². The fraction of sp³-hybridized carbons (Fsp3) is 0.556. The van der Waals surface area contributed by atoms with Crippen LogP contribution in [0.25, 0.3) is 10.9 Å². The number of unbranched alkanes of at least 4 members (excludes halogenated alkanes) is 3. The van der Waals surface area contributed by atoms with E-state index in [0.29, 0.717) is 12.6 Å². The van der Waals surface area contributed by atoms with Crippen LogP contribution >= 0.6 is 0 Å². The molecule has 1 aromatic heterocycles. The summed E-state index contributed by atoms with van der Waals surface area (Å²) in [6.45, 7) is 6.67. The van der Waals surface area contributed by atoms with Crippen molar-refractivity contribution < 1.29 is 5.11 Å². The Labute approximate surface area is 128 Å². The first-order valence-electron chi connectivity index (χ1n) is 8.13. The normalized spacial score (nSPS) is 11.6. The summed E-state index contributed by atoms with van der Waals surface area (Å²) in [6, 6.07) is 9.32. The number of hydrogen-bond acceptors (Lipinski definition) is 2. The summed E-state index contributed by atoms with van der Waals surface area (Å²) in [5.74, 6) is 0. The van der Waals surface area contributed by atoms with Crippen LogP contribution in [0.1, 0.15) is 45.1 Å². The third-order valence-corrected chi connectivity index (χ3v) is 3.91. The van der Waals surface area contributed by atoms with Crippen LogP contribution in [0, 0.1) is 0 Å². The molecular formula is C18H28N2O. The van der Waals surface area contributed by atoms with Crippen molar-refractivity contribution in [3.63, 3.8) is 0 Å². The summed E-state index contributed by atoms with van der Waals surface area (Å²) < 4.78 is 2.35. The molecule has 0 spiro atoms. The number of rotatable bonds is 9. The highest BCUT2D eigenvalue weighted by Gasteiger charge is 2.05. The van der Waals surface area contributed by atoms with E-state index in [9.17, 15) is 0 Å². The number of fused-ring (bicyclic) bond motifs is 1. The predicted octanol–water partition coefficient (Wildman–Crippen LogP) is 3.69. The van der Waals surface area contributed by atoms with Crippen molar-refractivity contribution in [2.45, 2.75) is 58.7 Å². The molecule has 3 nitrogen and oxygen atoms in total. The topological polar surface area (TPSA) is 37.2 Å². The maximum Gasteiger partial charge on any atom is 0.0483 e. The van der Waals surface area contributed by atoms with Gasteiger partial charge in [0, 0.05) is 42.8 Å². The molecule has 0 saturated carbocycles. The second kappa shape index (κ2) is 8.20. The quantitative estimate of drug-likeness (QED) is 0.691. The first-order chi connectivity index (χ1) is 10.2. The largest absolute Gasteiger partial charge is 0.396 e. The molecule has 0 atom stereocenters. The van der Waals surface area contributed by atoms with Crippen molar-refractivity contribution in [3.05, 3.63) is 36.0 Å². The molecule has 2 aromatic rings. The first kappa shape index (κ1) is 16.1. The molecule has 0 aliphatic rings. The van der Waals surface area contributed by atoms with Crippen molar-refractivity contribution >= 4 is 10.9 Å². The number of aromatic nitrogens is 1. The summed E-state index contributed by atoms with van der Waals surface area (Å²) in [6.07, 6.45) is 6.62. The maximum atomic E-state index is 8.80. The molecule has 0 radical (unpaired) electrons. The molecule has 0 fully saturated rings. The van der Waals surface area contributed by atoms with E-state index in [0.717, 1.165) is 25.9 Å². The summed E-state index contributed by atoms with van der Waals surface area (Å²) in [5, 5.41) is 13.7. The molecule has 0 saturated heterocycles. The highest BCUT2D eigenvalue weighted by atomic mass is 16.2. The van der Waals surface area contributed by atoms with Crippen molar-refractivity contribution in [2.24, 2.45) is 0 Å². The van der Waals surface area contributed by atoms with Gasteiger partial charge in [0.15, 0.2) is 0 Å². The zero-order chi connectivity index (χ0) is 15.1. The minimum Gasteiger partial charge on any atom is -0.396 e. The number of nitrogens with zero attached hydrogens (tertiary/aromatic N) is 1. The maximum absolute atomic E-state index is 8.80. The minimum absolute atomic E-state index is 0.318. The average Bonchev–Trinajstić information content (AvgIpc) is 2.89. The van der Waals surface area contributed by atoms with Gasteiger partial charge in [-0.3, -0.25) is 0 Å². The van der Waals surface area contributed by atoms with E-state index in [1.807, 2.05) is 0 Å². The second-order valence-electron chi connectivity index (χ2n) is 6.03. The third kappa shape index (κ3) is 4.58. The van der Waals surface area contributed by atoms with Crippen LogP contribution in [0.2, 0.25) is 0 Å². The molecule has 2 rings (SSSR count). The van der Waals surface area contributed by atoms with Gasteiger partial charge in [-0.1, -0.05) is 38.8 Å². The van der Waals surface area contributed by atoms with Crippen molar-refractivity contribution in [1.29, 1.82) is 0 Å². The molecule has 116 valence electrons. The van der Waals surface area contributed by atoms with Gasteiger partial charge in [0.2, 0.25) is 0 Å². The van der Waals surface area contributed by atoms with Gasteiger partial charge in [-0.05, 0) is 30.5 Å². The van der Waals surface area contributed by atoms with Crippen LogP contribution in [-0.2, 0) is 13.1 Å². The van der Waals surface area contributed by atoms with Crippen molar-refractivity contribution in [3.8, 4) is 0 Å². The van der Waals surface area contributed by atoms with Crippen LogP contribution in [-0.4, -0.2) is 22.3 Å². The van der Waals surface area contributed by atoms with E-state index in [4.69, 9.17) is 5.11 Å². The van der Waals surface area contributed by atoms with Gasteiger partial charge in [0.05, 0.1) is 0 Å². The van der Waals surface area contributed by atoms with Crippen LogP contribution < -0.4 is 5.32 Å². The highest BCUT2D eigenvalue weighted by molar-refractivity contribution is 5.83. The summed E-state index contributed by atoms with van der Waals surface area (Å²) in [4.78, 5) is 0. The van der Waals surface area contributed by atoms with E-state index in [1.54, 1.807) is 0 Å². The van der Waals surface area contributed by atoms with Crippen molar-refractivity contribution in [1.82, 2.24) is 9.88 Å². The monoisotopic (exact) mass is 288 g/mol. The van der Waals surface area contributed by atoms with E-state index in [2.05, 4.69) is 54.2 Å². The second-order valence-corrected chi connectivity index (χ2v) is 6.03. The van der Waals surface area contributed by atoms with Crippen LogP contribution in [0.15, 0.2) is 30.5 Å². The minimum atomic E-state index is 0.318. The molecule has 1 heterocycles. The smallest absolute Gasteiger partial charge is 0.0483 e. The molecule has 0 unspecified atom stereocenters. The molecule has 0 bridgehead atoms. The van der Waals surface area contributed by atoms with Gasteiger partial charge >= 0.3 is 0 Å². The summed E-state index contributed by atoms with van der Waals surface area (Å²) in [7, 11) is 0. The molecule has 0 amide bonds. The molecular weight excluding hydrogens is 260 g/mol. The number of aryl methyl sites for hydroxylation is 1. The number of aliphatic hydroxyl groups excluding tert-OH is 1. The first-order valence-corrected chi connectivity index (χ1v) is 8.13. The Morgan fingerprint density at radius 3 is 2.67 bits per heavy atom. The van der Waals surface area contributed by atoms with E-state index >= 15 is 0 Å². The lowest BCUT2D eigenvalue weighted by Gasteiger charge is -2.10. The SMILES string of the molecule is CC(C)NCc1cccc2c1ccn2CCCCCCO. The summed E-state index contributed by atoms with van der Waals surface area (Å²) in [5.41, 5.74) is 2.71. The zero-order valence-electron chi connectivity index (χ0n) is 13.3. The van der Waals surface area contributed by atoms with Crippen LogP contribution in [0.4, 0.5) is 0 Å². The lowest BCUT2D eigenvalue weighted by Crippen LogP contribution is -2.21. The fourth-order valence-electron chi connectivity index (χ4n) is 2.70. The van der Waals surface area contributed by atoms with Crippen molar-refractivity contribution in [2.75, 3.05) is 6.61 Å². The number of nitrogens with one attached hydrogen (secondary N) is 1. The number of benzene rings is 1. The van der Waals surface area contributed by atoms with E-state index < -0.39 is 0 Å². The zero-order valence-corrected chi connectivity index (χ0v) is 13.3. The Kier molecular flexibility index (Phi) is 6.27. The number of hydrogen-bond donors (Lipinski definition) is 2. The third-order valence-electron chi connectivity index (χ3n) is 3.91. The Hall–Kier alpha value is -1.32. The molecule has 2 N–H and O–H groups in total. The number of aliphatic hydroxyl groups is 1. The molecule has 0 aliphatic carbocycles. The average molecular weight is 288 g/mol. The standard InChI is InChI=1S/C18H28N2O/c1-15(2)19-14-16-8-7-9-18-17(16)10-12-20(18)11-5-3-4-6-13-21/h7-10,12,15,19,21H,3-6,11,13-14H2,1-2H3. The molecule has 1 aromatic carbocycles. The van der Waals surface area contributed by atoms with Gasteiger partial charge in [0.1, 0.15) is 0 Å². The molecule has 0 aliphatic heterocycles. The lowest BCUT2D eigenvalue weighted by atomic mass is 10.1. The van der Waals surface area contributed by atoms with Gasteiger partial charge in [-0.25, -0.2) is 0 Å². The van der Waals surface area contributed by atoms with Gasteiger partial charge in [-0.2, -0.15) is 0 Å². The Balaban J connectivity index is 2.00. The molecule has 21 heavy (non-hydrogen) atoms. The highest BCUT2D eigenvalue weighted by Crippen LogP contribution is 2.21. The molecule has 3 heteroatoms. The van der Waals surface area contributed by atoms with Crippen LogP contribution in [0.3, 0.4) is 0 Å².